The molecule has 0 spiro atoms. The van der Waals surface area contributed by atoms with Gasteiger partial charge in [0.15, 0.2) is 11.6 Å². The van der Waals surface area contributed by atoms with E-state index in [1.807, 2.05) is 0 Å². The summed E-state index contributed by atoms with van der Waals surface area (Å²) in [6.45, 7) is 1.55. The van der Waals surface area contributed by atoms with E-state index in [1.54, 1.807) is 6.92 Å². The molecule has 0 aromatic heterocycles. The molecule has 0 aliphatic carbocycles. The van der Waals surface area contributed by atoms with Crippen molar-refractivity contribution in [3.05, 3.63) is 29.3 Å². The van der Waals surface area contributed by atoms with Gasteiger partial charge in [-0.15, -0.1) is 0 Å². The van der Waals surface area contributed by atoms with Crippen LogP contribution in [-0.2, 0) is 0 Å². The van der Waals surface area contributed by atoms with Crippen LogP contribution in [0.5, 0.6) is 5.75 Å². The monoisotopic (exact) mass is 158 g/mol. The number of benzene rings is 1. The molecule has 0 amide bonds. The molecule has 0 saturated heterocycles. The minimum absolute atomic E-state index is 0.0731. The SMILES string of the molecule is COc1cc(C)c(F)cc1F. The normalized spacial score (nSPS) is 9.82. The Bertz CT molecular complexity index is 271. The highest BCUT2D eigenvalue weighted by Gasteiger charge is 2.05. The molecule has 11 heavy (non-hydrogen) atoms. The Hall–Kier alpha value is -1.12. The summed E-state index contributed by atoms with van der Waals surface area (Å²) in [6, 6.07) is 2.14. The van der Waals surface area contributed by atoms with E-state index in [4.69, 9.17) is 0 Å². The minimum atomic E-state index is -0.671. The van der Waals surface area contributed by atoms with Crippen molar-refractivity contribution >= 4 is 0 Å². The Morgan fingerprint density at radius 3 is 2.36 bits per heavy atom. The zero-order valence-corrected chi connectivity index (χ0v) is 6.32. The van der Waals surface area contributed by atoms with E-state index in [2.05, 4.69) is 4.74 Å². The van der Waals surface area contributed by atoms with E-state index in [9.17, 15) is 8.78 Å². The lowest BCUT2D eigenvalue weighted by Gasteiger charge is -2.02. The van der Waals surface area contributed by atoms with Crippen molar-refractivity contribution in [3.63, 3.8) is 0 Å². The number of hydrogen-bond acceptors (Lipinski definition) is 1. The maximum absolute atomic E-state index is 12.7. The van der Waals surface area contributed by atoms with Gasteiger partial charge in [-0.25, -0.2) is 8.78 Å². The van der Waals surface area contributed by atoms with Crippen molar-refractivity contribution in [3.8, 4) is 5.75 Å². The largest absolute Gasteiger partial charge is 0.494 e. The highest BCUT2D eigenvalue weighted by atomic mass is 19.1. The van der Waals surface area contributed by atoms with Gasteiger partial charge in [0.25, 0.3) is 0 Å². The van der Waals surface area contributed by atoms with Crippen molar-refractivity contribution in [2.45, 2.75) is 6.92 Å². The highest BCUT2D eigenvalue weighted by Crippen LogP contribution is 2.20. The maximum Gasteiger partial charge on any atom is 0.167 e. The second-order valence-corrected chi connectivity index (χ2v) is 2.24. The molecule has 60 valence electrons. The fraction of sp³-hybridized carbons (Fsp3) is 0.250. The number of aryl methyl sites for hydroxylation is 1. The molecule has 1 aromatic rings. The second-order valence-electron chi connectivity index (χ2n) is 2.24. The van der Waals surface area contributed by atoms with Gasteiger partial charge in [-0.3, -0.25) is 0 Å². The Labute approximate surface area is 63.6 Å². The molecule has 1 rings (SSSR count). The molecule has 0 radical (unpaired) electrons. The predicted molar refractivity (Wildman–Crippen MR) is 37.6 cm³/mol. The number of rotatable bonds is 1. The Balaban J connectivity index is 3.21. The Kier molecular flexibility index (Phi) is 2.08. The van der Waals surface area contributed by atoms with Crippen LogP contribution in [0.4, 0.5) is 8.78 Å². The predicted octanol–water partition coefficient (Wildman–Crippen LogP) is 2.28. The molecule has 0 unspecified atom stereocenters. The van der Waals surface area contributed by atoms with Gasteiger partial charge < -0.3 is 4.74 Å². The number of ether oxygens (including phenoxy) is 1. The molecule has 0 atom stereocenters. The van der Waals surface area contributed by atoms with Crippen LogP contribution in [0.15, 0.2) is 12.1 Å². The van der Waals surface area contributed by atoms with Crippen LogP contribution in [0.3, 0.4) is 0 Å². The average Bonchev–Trinajstić information content (AvgIpc) is 1.97. The van der Waals surface area contributed by atoms with Crippen molar-refractivity contribution in [2.75, 3.05) is 7.11 Å². The first-order valence-electron chi connectivity index (χ1n) is 3.15. The van der Waals surface area contributed by atoms with E-state index in [1.165, 1.54) is 13.2 Å². The molecule has 3 heteroatoms. The fourth-order valence-corrected chi connectivity index (χ4v) is 0.787. The van der Waals surface area contributed by atoms with Crippen LogP contribution >= 0.6 is 0 Å². The molecule has 0 bridgehead atoms. The maximum atomic E-state index is 12.7. The molecule has 1 aromatic carbocycles. The molecule has 0 fully saturated rings. The molecule has 0 aliphatic rings. The van der Waals surface area contributed by atoms with Gasteiger partial charge >= 0.3 is 0 Å². The van der Waals surface area contributed by atoms with Crippen LogP contribution in [-0.4, -0.2) is 7.11 Å². The minimum Gasteiger partial charge on any atom is -0.494 e. The summed E-state index contributed by atoms with van der Waals surface area (Å²) < 4.78 is 29.9. The topological polar surface area (TPSA) is 9.23 Å². The lowest BCUT2D eigenvalue weighted by molar-refractivity contribution is 0.383. The number of hydrogen-bond donors (Lipinski definition) is 0. The molecule has 1 nitrogen and oxygen atoms in total. The average molecular weight is 158 g/mol. The van der Waals surface area contributed by atoms with Gasteiger partial charge in [0.05, 0.1) is 7.11 Å². The fourth-order valence-electron chi connectivity index (χ4n) is 0.787. The quantitative estimate of drug-likeness (QED) is 0.609. The zero-order chi connectivity index (χ0) is 8.43. The molecular formula is C8H8F2O. The third-order valence-electron chi connectivity index (χ3n) is 1.43. The summed E-state index contributed by atoms with van der Waals surface area (Å²) in [5.74, 6) is -1.15. The zero-order valence-electron chi connectivity index (χ0n) is 6.32. The van der Waals surface area contributed by atoms with Crippen molar-refractivity contribution in [1.82, 2.24) is 0 Å². The molecular weight excluding hydrogens is 150 g/mol. The standard InChI is InChI=1S/C8H8F2O/c1-5-3-8(11-2)7(10)4-6(5)9/h3-4H,1-2H3. The van der Waals surface area contributed by atoms with Gasteiger partial charge in [-0.2, -0.15) is 0 Å². The van der Waals surface area contributed by atoms with Crippen LogP contribution < -0.4 is 4.74 Å². The number of methoxy groups -OCH3 is 1. The molecule has 0 saturated carbocycles. The van der Waals surface area contributed by atoms with Gasteiger partial charge in [-0.05, 0) is 18.6 Å². The van der Waals surface area contributed by atoms with Crippen LogP contribution in [0, 0.1) is 18.6 Å². The highest BCUT2D eigenvalue weighted by molar-refractivity contribution is 5.30. The third-order valence-corrected chi connectivity index (χ3v) is 1.43. The van der Waals surface area contributed by atoms with Crippen molar-refractivity contribution in [2.24, 2.45) is 0 Å². The summed E-state index contributed by atoms with van der Waals surface area (Å²) >= 11 is 0. The van der Waals surface area contributed by atoms with E-state index in [-0.39, 0.29) is 5.75 Å². The Morgan fingerprint density at radius 2 is 1.82 bits per heavy atom. The summed E-state index contributed by atoms with van der Waals surface area (Å²) in [5, 5.41) is 0. The smallest absolute Gasteiger partial charge is 0.167 e. The van der Waals surface area contributed by atoms with Crippen LogP contribution in [0.2, 0.25) is 0 Å². The summed E-state index contributed by atoms with van der Waals surface area (Å²) in [4.78, 5) is 0. The van der Waals surface area contributed by atoms with Crippen LogP contribution in [0.25, 0.3) is 0 Å². The summed E-state index contributed by atoms with van der Waals surface area (Å²) in [5.41, 5.74) is 0.378. The van der Waals surface area contributed by atoms with Crippen molar-refractivity contribution in [1.29, 1.82) is 0 Å². The van der Waals surface area contributed by atoms with E-state index < -0.39 is 11.6 Å². The summed E-state index contributed by atoms with van der Waals surface area (Å²) in [6.07, 6.45) is 0. The molecule has 0 aliphatic heterocycles. The number of halogens is 2. The van der Waals surface area contributed by atoms with Gasteiger partial charge in [0, 0.05) is 6.07 Å². The second kappa shape index (κ2) is 2.86. The van der Waals surface area contributed by atoms with Crippen LogP contribution in [0.1, 0.15) is 5.56 Å². The lowest BCUT2D eigenvalue weighted by atomic mass is 10.2. The van der Waals surface area contributed by atoms with Gasteiger partial charge in [0.1, 0.15) is 5.82 Å². The van der Waals surface area contributed by atoms with E-state index in [0.29, 0.717) is 5.56 Å². The summed E-state index contributed by atoms with van der Waals surface area (Å²) in [7, 11) is 1.34. The molecule has 0 N–H and O–H groups in total. The first-order chi connectivity index (χ1) is 5.15. The first-order valence-corrected chi connectivity index (χ1v) is 3.15. The third kappa shape index (κ3) is 1.48. The Morgan fingerprint density at radius 1 is 1.18 bits per heavy atom. The molecule has 0 heterocycles. The van der Waals surface area contributed by atoms with Gasteiger partial charge in [0.2, 0.25) is 0 Å². The van der Waals surface area contributed by atoms with E-state index in [0.717, 1.165) is 6.07 Å². The lowest BCUT2D eigenvalue weighted by Crippen LogP contribution is -1.91. The first kappa shape index (κ1) is 7.98. The van der Waals surface area contributed by atoms with E-state index >= 15 is 0 Å². The van der Waals surface area contributed by atoms with Gasteiger partial charge in [-0.1, -0.05) is 0 Å². The van der Waals surface area contributed by atoms with Crippen molar-refractivity contribution < 1.29 is 13.5 Å².